The second-order valence-corrected chi connectivity index (χ2v) is 6.45. The molecule has 0 radical (unpaired) electrons. The average Bonchev–Trinajstić information content (AvgIpc) is 2.73. The monoisotopic (exact) mass is 375 g/mol. The van der Waals surface area contributed by atoms with E-state index in [0.717, 1.165) is 28.8 Å². The highest BCUT2D eigenvalue weighted by Crippen LogP contribution is 2.28. The molecule has 0 saturated carbocycles. The van der Waals surface area contributed by atoms with Crippen molar-refractivity contribution in [3.8, 4) is 18.1 Å². The summed E-state index contributed by atoms with van der Waals surface area (Å²) in [4.78, 5) is 4.40. The molecule has 1 atom stereocenters. The van der Waals surface area contributed by atoms with Crippen LogP contribution in [0, 0.1) is 12.3 Å². The summed E-state index contributed by atoms with van der Waals surface area (Å²) in [6, 6.07) is 16.0. The molecule has 0 fully saturated rings. The van der Waals surface area contributed by atoms with Crippen LogP contribution in [0.1, 0.15) is 12.5 Å². The molecule has 0 spiro atoms. The molecule has 3 rings (SSSR count). The van der Waals surface area contributed by atoms with Gasteiger partial charge >= 0.3 is 0 Å². The maximum absolute atomic E-state index is 6.22. The van der Waals surface area contributed by atoms with E-state index in [1.807, 2.05) is 55.5 Å². The first-order valence-electron chi connectivity index (χ1n) is 9.34. The molecule has 3 aromatic rings. The normalized spacial score (nSPS) is 11.7. The van der Waals surface area contributed by atoms with Crippen LogP contribution >= 0.6 is 0 Å². The van der Waals surface area contributed by atoms with Crippen LogP contribution in [0.15, 0.2) is 54.7 Å². The van der Waals surface area contributed by atoms with E-state index in [2.05, 4.69) is 16.2 Å². The van der Waals surface area contributed by atoms with Crippen molar-refractivity contribution in [3.63, 3.8) is 0 Å². The van der Waals surface area contributed by atoms with Gasteiger partial charge in [-0.1, -0.05) is 36.3 Å². The van der Waals surface area contributed by atoms with E-state index in [4.69, 9.17) is 21.6 Å². The number of aromatic nitrogens is 1. The van der Waals surface area contributed by atoms with E-state index in [0.29, 0.717) is 18.9 Å². The highest BCUT2D eigenvalue weighted by molar-refractivity contribution is 5.96. The highest BCUT2D eigenvalue weighted by Gasteiger charge is 2.14. The number of nitrogen functional groups attached to an aromatic ring is 1. The number of fused-ring (bicyclic) bond motifs is 1. The second-order valence-electron chi connectivity index (χ2n) is 6.45. The number of anilines is 2. The van der Waals surface area contributed by atoms with Crippen molar-refractivity contribution in [2.24, 2.45) is 0 Å². The van der Waals surface area contributed by atoms with Gasteiger partial charge in [0.2, 0.25) is 0 Å². The lowest BCUT2D eigenvalue weighted by atomic mass is 10.0. The van der Waals surface area contributed by atoms with Gasteiger partial charge in [-0.3, -0.25) is 4.98 Å². The summed E-state index contributed by atoms with van der Waals surface area (Å²) in [7, 11) is 0. The van der Waals surface area contributed by atoms with E-state index in [1.54, 1.807) is 6.20 Å². The van der Waals surface area contributed by atoms with E-state index < -0.39 is 0 Å². The lowest BCUT2D eigenvalue weighted by molar-refractivity contribution is 0.137. The van der Waals surface area contributed by atoms with Crippen molar-refractivity contribution in [3.05, 3.63) is 60.3 Å². The Morgan fingerprint density at radius 1 is 1.18 bits per heavy atom. The molecule has 0 aliphatic carbocycles. The first kappa shape index (κ1) is 19.5. The molecule has 1 heterocycles. The van der Waals surface area contributed by atoms with Gasteiger partial charge in [0.05, 0.1) is 35.7 Å². The summed E-state index contributed by atoms with van der Waals surface area (Å²) in [5, 5.41) is 4.58. The summed E-state index contributed by atoms with van der Waals surface area (Å²) in [5.74, 6) is 3.23. The van der Waals surface area contributed by atoms with Crippen LogP contribution in [0.4, 0.5) is 11.4 Å². The molecule has 144 valence electrons. The number of rotatable bonds is 9. The molecule has 28 heavy (non-hydrogen) atoms. The molecule has 2 aromatic carbocycles. The highest BCUT2D eigenvalue weighted by atomic mass is 16.5. The number of nitrogens with zero attached hydrogens (tertiary/aromatic N) is 1. The van der Waals surface area contributed by atoms with Crippen molar-refractivity contribution < 1.29 is 9.47 Å². The Morgan fingerprint density at radius 3 is 2.71 bits per heavy atom. The fourth-order valence-electron chi connectivity index (χ4n) is 3.06. The summed E-state index contributed by atoms with van der Waals surface area (Å²) in [6.07, 6.45) is 7.71. The minimum atomic E-state index is 0.0607. The van der Waals surface area contributed by atoms with Gasteiger partial charge in [-0.15, -0.1) is 6.42 Å². The standard InChI is InChI=1S/C23H25N3O2/c1-3-13-28-19-11-9-17(10-12-19)14-18(16-27-4-2)26-23-20-7-5-6-8-22(20)25-15-21(23)24/h1,5-12,15,18H,4,13-14,16,24H2,2H3,(H,25,26). The molecule has 0 aliphatic rings. The molecule has 3 N–H and O–H groups in total. The SMILES string of the molecule is C#CCOc1ccc(CC(COCC)Nc2c(N)cnc3ccccc23)cc1. The summed E-state index contributed by atoms with van der Waals surface area (Å²) >= 11 is 0. The predicted octanol–water partition coefficient (Wildman–Crippen LogP) is 3.89. The predicted molar refractivity (Wildman–Crippen MR) is 115 cm³/mol. The van der Waals surface area contributed by atoms with Gasteiger partial charge in [-0.2, -0.15) is 0 Å². The van der Waals surface area contributed by atoms with Gasteiger partial charge in [0.1, 0.15) is 12.4 Å². The lowest BCUT2D eigenvalue weighted by Crippen LogP contribution is -2.28. The third-order valence-corrected chi connectivity index (χ3v) is 4.40. The number of para-hydroxylation sites is 1. The van der Waals surface area contributed by atoms with E-state index >= 15 is 0 Å². The number of nitrogens with one attached hydrogen (secondary N) is 1. The van der Waals surface area contributed by atoms with Gasteiger partial charge in [0.15, 0.2) is 0 Å². The molecule has 1 aromatic heterocycles. The van der Waals surface area contributed by atoms with Crippen LogP contribution in [0.2, 0.25) is 0 Å². The molecular formula is C23H25N3O2. The average molecular weight is 375 g/mol. The van der Waals surface area contributed by atoms with Crippen molar-refractivity contribution in [1.82, 2.24) is 4.98 Å². The Labute approximate surface area is 165 Å². The zero-order valence-corrected chi connectivity index (χ0v) is 16.0. The Balaban J connectivity index is 1.79. The maximum atomic E-state index is 6.22. The second kappa shape index (κ2) is 9.63. The lowest BCUT2D eigenvalue weighted by Gasteiger charge is -2.22. The topological polar surface area (TPSA) is 69.4 Å². The van der Waals surface area contributed by atoms with E-state index in [9.17, 15) is 0 Å². The number of nitrogens with two attached hydrogens (primary N) is 1. The van der Waals surface area contributed by atoms with Gasteiger partial charge < -0.3 is 20.5 Å². The van der Waals surface area contributed by atoms with Crippen LogP contribution in [-0.4, -0.2) is 30.8 Å². The Kier molecular flexibility index (Phi) is 6.72. The molecule has 0 amide bonds. The minimum absolute atomic E-state index is 0.0607. The fourth-order valence-corrected chi connectivity index (χ4v) is 3.06. The molecule has 0 bridgehead atoms. The molecular weight excluding hydrogens is 350 g/mol. The van der Waals surface area contributed by atoms with E-state index in [1.165, 1.54) is 5.56 Å². The summed E-state index contributed by atoms with van der Waals surface area (Å²) in [6.45, 7) is 3.48. The van der Waals surface area contributed by atoms with Gasteiger partial charge in [-0.05, 0) is 37.1 Å². The molecule has 0 aliphatic heterocycles. The zero-order valence-electron chi connectivity index (χ0n) is 16.0. The summed E-state index contributed by atoms with van der Waals surface area (Å²) in [5.41, 5.74) is 9.82. The number of benzene rings is 2. The van der Waals surface area contributed by atoms with Crippen LogP contribution in [-0.2, 0) is 11.2 Å². The van der Waals surface area contributed by atoms with Crippen LogP contribution < -0.4 is 15.8 Å². The van der Waals surface area contributed by atoms with E-state index in [-0.39, 0.29) is 12.6 Å². The Morgan fingerprint density at radius 2 is 1.96 bits per heavy atom. The number of pyridine rings is 1. The molecule has 0 saturated heterocycles. The van der Waals surface area contributed by atoms with Crippen molar-refractivity contribution in [1.29, 1.82) is 0 Å². The van der Waals surface area contributed by atoms with Crippen LogP contribution in [0.5, 0.6) is 5.75 Å². The third kappa shape index (κ3) is 4.93. The Hall–Kier alpha value is -3.23. The minimum Gasteiger partial charge on any atom is -0.481 e. The number of ether oxygens (including phenoxy) is 2. The van der Waals surface area contributed by atoms with Gasteiger partial charge in [0.25, 0.3) is 0 Å². The molecule has 1 unspecified atom stereocenters. The number of terminal acetylenes is 1. The third-order valence-electron chi connectivity index (χ3n) is 4.40. The zero-order chi connectivity index (χ0) is 19.8. The van der Waals surface area contributed by atoms with Gasteiger partial charge in [0, 0.05) is 12.0 Å². The largest absolute Gasteiger partial charge is 0.481 e. The molecule has 5 heteroatoms. The van der Waals surface area contributed by atoms with Crippen molar-refractivity contribution >= 4 is 22.3 Å². The van der Waals surface area contributed by atoms with Crippen molar-refractivity contribution in [2.75, 3.05) is 30.9 Å². The van der Waals surface area contributed by atoms with Gasteiger partial charge in [-0.25, -0.2) is 0 Å². The first-order chi connectivity index (χ1) is 13.7. The van der Waals surface area contributed by atoms with Crippen molar-refractivity contribution in [2.45, 2.75) is 19.4 Å². The number of hydrogen-bond acceptors (Lipinski definition) is 5. The smallest absolute Gasteiger partial charge is 0.148 e. The first-order valence-corrected chi connectivity index (χ1v) is 9.34. The fraction of sp³-hybridized carbons (Fsp3) is 0.261. The van der Waals surface area contributed by atoms with Crippen LogP contribution in [0.3, 0.4) is 0 Å². The van der Waals surface area contributed by atoms with Crippen LogP contribution in [0.25, 0.3) is 10.9 Å². The Bertz CT molecular complexity index is 948. The molecule has 5 nitrogen and oxygen atoms in total. The summed E-state index contributed by atoms with van der Waals surface area (Å²) < 4.78 is 11.1. The number of hydrogen-bond donors (Lipinski definition) is 2. The maximum Gasteiger partial charge on any atom is 0.148 e. The quantitative estimate of drug-likeness (QED) is 0.555.